The number of ether oxygens (including phenoxy) is 1. The van der Waals surface area contributed by atoms with Gasteiger partial charge in [0, 0.05) is 12.6 Å². The molecule has 1 aromatic heterocycles. The summed E-state index contributed by atoms with van der Waals surface area (Å²) in [5.74, 6) is 0.853. The molecule has 0 radical (unpaired) electrons. The molecule has 2 heterocycles. The van der Waals surface area contributed by atoms with Gasteiger partial charge in [-0.25, -0.2) is 4.98 Å². The number of hydrogen-bond donors (Lipinski definition) is 0. The number of rotatable bonds is 4. The van der Waals surface area contributed by atoms with E-state index in [-0.39, 0.29) is 11.9 Å². The Morgan fingerprint density at radius 2 is 2.04 bits per heavy atom. The molecule has 0 saturated carbocycles. The second-order valence-corrected chi connectivity index (χ2v) is 7.38. The number of methoxy groups -OCH3 is 1. The molecular weight excluding hydrogens is 344 g/mol. The lowest BCUT2D eigenvalue weighted by Gasteiger charge is -2.21. The quantitative estimate of drug-likeness (QED) is 0.631. The van der Waals surface area contributed by atoms with Gasteiger partial charge in [0.05, 0.1) is 23.4 Å². The molecule has 4 nitrogen and oxygen atoms in total. The zero-order chi connectivity index (χ0) is 17.9. The van der Waals surface area contributed by atoms with Crippen LogP contribution in [-0.4, -0.2) is 29.4 Å². The molecule has 1 unspecified atom stereocenters. The highest BCUT2D eigenvalue weighted by Crippen LogP contribution is 2.36. The molecule has 2 aromatic carbocycles. The number of thiazole rings is 1. The second-order valence-electron chi connectivity index (χ2n) is 6.32. The third-order valence-corrected chi connectivity index (χ3v) is 5.80. The smallest absolute Gasteiger partial charge is 0.247 e. The average Bonchev–Trinajstić information content (AvgIpc) is 3.32. The first kappa shape index (κ1) is 16.8. The van der Waals surface area contributed by atoms with E-state index in [9.17, 15) is 4.79 Å². The van der Waals surface area contributed by atoms with Crippen molar-refractivity contribution in [3.63, 3.8) is 0 Å². The SMILES string of the molecule is COc1ccc(/C=C/C(=O)N2CCCC2c2nc3ccccc3s2)cc1. The first-order chi connectivity index (χ1) is 12.7. The summed E-state index contributed by atoms with van der Waals surface area (Å²) in [4.78, 5) is 19.4. The van der Waals surface area contributed by atoms with Crippen molar-refractivity contribution in [2.24, 2.45) is 0 Å². The molecule has 0 N–H and O–H groups in total. The zero-order valence-electron chi connectivity index (χ0n) is 14.6. The number of para-hydroxylation sites is 1. The van der Waals surface area contributed by atoms with E-state index in [4.69, 9.17) is 9.72 Å². The Balaban J connectivity index is 1.51. The summed E-state index contributed by atoms with van der Waals surface area (Å²) in [5.41, 5.74) is 2.00. The summed E-state index contributed by atoms with van der Waals surface area (Å²) in [7, 11) is 1.64. The largest absolute Gasteiger partial charge is 0.497 e. The van der Waals surface area contributed by atoms with E-state index < -0.39 is 0 Å². The van der Waals surface area contributed by atoms with Crippen molar-refractivity contribution in [3.05, 3.63) is 65.2 Å². The molecule has 26 heavy (non-hydrogen) atoms. The molecule has 4 rings (SSSR count). The molecule has 5 heteroatoms. The Morgan fingerprint density at radius 3 is 2.81 bits per heavy atom. The predicted octanol–water partition coefficient (Wildman–Crippen LogP) is 4.68. The van der Waals surface area contributed by atoms with Crippen molar-refractivity contribution in [2.75, 3.05) is 13.7 Å². The fraction of sp³-hybridized carbons (Fsp3) is 0.238. The van der Waals surface area contributed by atoms with Gasteiger partial charge in [0.1, 0.15) is 10.8 Å². The molecule has 1 amide bonds. The van der Waals surface area contributed by atoms with Gasteiger partial charge in [0.2, 0.25) is 5.91 Å². The number of hydrogen-bond acceptors (Lipinski definition) is 4. The summed E-state index contributed by atoms with van der Waals surface area (Å²) in [6, 6.07) is 15.9. The number of fused-ring (bicyclic) bond motifs is 1. The number of likely N-dealkylation sites (tertiary alicyclic amines) is 1. The van der Waals surface area contributed by atoms with Crippen LogP contribution in [0.15, 0.2) is 54.6 Å². The van der Waals surface area contributed by atoms with Crippen LogP contribution in [0.25, 0.3) is 16.3 Å². The molecule has 3 aromatic rings. The van der Waals surface area contributed by atoms with Crippen LogP contribution in [0.5, 0.6) is 5.75 Å². The number of amides is 1. The number of carbonyl (C=O) groups excluding carboxylic acids is 1. The maximum atomic E-state index is 12.7. The standard InChI is InChI=1S/C21H20N2O2S/c1-25-16-11-8-15(9-12-16)10-13-20(24)23-14-4-6-18(23)21-22-17-5-2-3-7-19(17)26-21/h2-3,5,7-13,18H,4,6,14H2,1H3/b13-10+. The Kier molecular flexibility index (Phi) is 4.71. The van der Waals surface area contributed by atoms with Crippen molar-refractivity contribution in [2.45, 2.75) is 18.9 Å². The predicted molar refractivity (Wildman–Crippen MR) is 105 cm³/mol. The Bertz CT molecular complexity index is 913. The fourth-order valence-electron chi connectivity index (χ4n) is 3.30. The van der Waals surface area contributed by atoms with Crippen molar-refractivity contribution in [1.82, 2.24) is 9.88 Å². The normalized spacial score (nSPS) is 17.3. The van der Waals surface area contributed by atoms with Gasteiger partial charge in [-0.1, -0.05) is 24.3 Å². The van der Waals surface area contributed by atoms with Gasteiger partial charge in [-0.3, -0.25) is 4.79 Å². The van der Waals surface area contributed by atoms with Crippen molar-refractivity contribution >= 4 is 33.5 Å². The van der Waals surface area contributed by atoms with Gasteiger partial charge in [-0.15, -0.1) is 11.3 Å². The molecule has 1 aliphatic heterocycles. The van der Waals surface area contributed by atoms with E-state index in [1.54, 1.807) is 24.5 Å². The van der Waals surface area contributed by atoms with E-state index in [0.717, 1.165) is 41.2 Å². The van der Waals surface area contributed by atoms with Crippen molar-refractivity contribution in [1.29, 1.82) is 0 Å². The van der Waals surface area contributed by atoms with Gasteiger partial charge in [-0.2, -0.15) is 0 Å². The monoisotopic (exact) mass is 364 g/mol. The Morgan fingerprint density at radius 1 is 1.23 bits per heavy atom. The Hall–Kier alpha value is -2.66. The molecule has 1 fully saturated rings. The molecule has 0 aliphatic carbocycles. The van der Waals surface area contributed by atoms with E-state index >= 15 is 0 Å². The van der Waals surface area contributed by atoms with Crippen LogP contribution in [0.3, 0.4) is 0 Å². The minimum atomic E-state index is 0.0441. The van der Waals surface area contributed by atoms with Crippen LogP contribution in [0, 0.1) is 0 Å². The van der Waals surface area contributed by atoms with Crippen LogP contribution < -0.4 is 4.74 Å². The highest BCUT2D eigenvalue weighted by Gasteiger charge is 2.31. The van der Waals surface area contributed by atoms with Gasteiger partial charge in [0.15, 0.2) is 0 Å². The lowest BCUT2D eigenvalue weighted by molar-refractivity contribution is -0.126. The topological polar surface area (TPSA) is 42.4 Å². The highest BCUT2D eigenvalue weighted by atomic mass is 32.1. The first-order valence-electron chi connectivity index (χ1n) is 8.73. The van der Waals surface area contributed by atoms with Crippen LogP contribution in [0.1, 0.15) is 29.5 Å². The molecule has 132 valence electrons. The highest BCUT2D eigenvalue weighted by molar-refractivity contribution is 7.18. The summed E-state index contributed by atoms with van der Waals surface area (Å²) in [5, 5.41) is 1.04. The second kappa shape index (κ2) is 7.30. The van der Waals surface area contributed by atoms with Crippen molar-refractivity contribution in [3.8, 4) is 5.75 Å². The first-order valence-corrected chi connectivity index (χ1v) is 9.54. The molecule has 1 saturated heterocycles. The number of aromatic nitrogens is 1. The van der Waals surface area contributed by atoms with E-state index in [1.807, 2.05) is 53.4 Å². The van der Waals surface area contributed by atoms with Crippen LogP contribution in [-0.2, 0) is 4.79 Å². The lowest BCUT2D eigenvalue weighted by atomic mass is 10.2. The van der Waals surface area contributed by atoms with Gasteiger partial charge < -0.3 is 9.64 Å². The maximum Gasteiger partial charge on any atom is 0.247 e. The average molecular weight is 364 g/mol. The van der Waals surface area contributed by atoms with Crippen LogP contribution in [0.4, 0.5) is 0 Å². The Labute approximate surface area is 156 Å². The lowest BCUT2D eigenvalue weighted by Crippen LogP contribution is -2.28. The molecular formula is C21H20N2O2S. The van der Waals surface area contributed by atoms with Crippen LogP contribution in [0.2, 0.25) is 0 Å². The van der Waals surface area contributed by atoms with Crippen molar-refractivity contribution < 1.29 is 9.53 Å². The zero-order valence-corrected chi connectivity index (χ0v) is 15.4. The van der Waals surface area contributed by atoms with Gasteiger partial charge >= 0.3 is 0 Å². The molecule has 1 aliphatic rings. The third kappa shape index (κ3) is 3.35. The molecule has 1 atom stereocenters. The van der Waals surface area contributed by atoms with Gasteiger partial charge in [-0.05, 0) is 48.7 Å². The van der Waals surface area contributed by atoms with Crippen LogP contribution >= 0.6 is 11.3 Å². The summed E-state index contributed by atoms with van der Waals surface area (Å²) in [6.45, 7) is 0.784. The number of benzene rings is 2. The summed E-state index contributed by atoms with van der Waals surface area (Å²) < 4.78 is 6.34. The molecule has 0 bridgehead atoms. The van der Waals surface area contributed by atoms with E-state index in [1.165, 1.54) is 4.70 Å². The van der Waals surface area contributed by atoms with E-state index in [2.05, 4.69) is 6.07 Å². The van der Waals surface area contributed by atoms with E-state index in [0.29, 0.717) is 0 Å². The summed E-state index contributed by atoms with van der Waals surface area (Å²) >= 11 is 1.69. The fourth-order valence-corrected chi connectivity index (χ4v) is 4.41. The number of carbonyl (C=O) groups is 1. The van der Waals surface area contributed by atoms with Gasteiger partial charge in [0.25, 0.3) is 0 Å². The third-order valence-electron chi connectivity index (χ3n) is 4.67. The summed E-state index contributed by atoms with van der Waals surface area (Å²) in [6.07, 6.45) is 5.51. The minimum Gasteiger partial charge on any atom is -0.497 e. The molecule has 0 spiro atoms. The maximum absolute atomic E-state index is 12.7. The minimum absolute atomic E-state index is 0.0441. The number of nitrogens with zero attached hydrogens (tertiary/aromatic N) is 2.